The third-order valence-corrected chi connectivity index (χ3v) is 7.72. The first-order chi connectivity index (χ1) is 18.0. The van der Waals surface area contributed by atoms with Crippen molar-refractivity contribution in [3.05, 3.63) is 89.5 Å². The van der Waals surface area contributed by atoms with E-state index >= 15 is 0 Å². The van der Waals surface area contributed by atoms with E-state index < -0.39 is 12.1 Å². The Bertz CT molecular complexity index is 1210. The number of benzene rings is 3. The Hall–Kier alpha value is -3.29. The minimum absolute atomic E-state index is 0.213. The largest absolute Gasteiger partial charge is 0.497 e. The van der Waals surface area contributed by atoms with Crippen LogP contribution in [0.1, 0.15) is 35.3 Å². The lowest BCUT2D eigenvalue weighted by molar-refractivity contribution is -0.152. The maximum atomic E-state index is 13.9. The van der Waals surface area contributed by atoms with Crippen LogP contribution >= 0.6 is 11.8 Å². The topological polar surface area (TPSA) is 67.9 Å². The predicted octanol–water partition coefficient (Wildman–Crippen LogP) is 5.34. The van der Waals surface area contributed by atoms with Crippen LogP contribution in [0.4, 0.5) is 5.69 Å². The second-order valence-corrected chi connectivity index (χ2v) is 10.3. The van der Waals surface area contributed by atoms with Gasteiger partial charge in [-0.25, -0.2) is 0 Å². The highest BCUT2D eigenvalue weighted by Crippen LogP contribution is 2.46. The van der Waals surface area contributed by atoms with Crippen LogP contribution in [0, 0.1) is 6.92 Å². The molecular weight excluding hydrogens is 484 g/mol. The van der Waals surface area contributed by atoms with E-state index in [1.165, 1.54) is 18.1 Å². The molecule has 0 spiro atoms. The number of nitrogens with zero attached hydrogens (tertiary/aromatic N) is 1. The van der Waals surface area contributed by atoms with E-state index in [4.69, 9.17) is 9.47 Å². The Morgan fingerprint density at radius 2 is 1.81 bits per heavy atom. The second kappa shape index (κ2) is 12.8. The van der Waals surface area contributed by atoms with Crippen molar-refractivity contribution in [2.75, 3.05) is 31.6 Å². The predicted molar refractivity (Wildman–Crippen MR) is 148 cm³/mol. The number of aryl methyl sites for hydroxylation is 2. The summed E-state index contributed by atoms with van der Waals surface area (Å²) in [4.78, 5) is 28.7. The first kappa shape index (κ1) is 26.8. The molecule has 194 valence electrons. The Morgan fingerprint density at radius 3 is 2.54 bits per heavy atom. The first-order valence-electron chi connectivity index (χ1n) is 12.6. The number of esters is 1. The van der Waals surface area contributed by atoms with E-state index in [0.717, 1.165) is 41.3 Å². The molecule has 1 amide bonds. The zero-order valence-corrected chi connectivity index (χ0v) is 22.4. The number of para-hydroxylation sites is 1. The van der Waals surface area contributed by atoms with Crippen molar-refractivity contribution in [3.8, 4) is 5.75 Å². The van der Waals surface area contributed by atoms with Gasteiger partial charge in [0.05, 0.1) is 18.0 Å². The normalized spacial score (nSPS) is 17.2. The van der Waals surface area contributed by atoms with Gasteiger partial charge in [-0.05, 0) is 61.7 Å². The molecule has 0 saturated carbocycles. The smallest absolute Gasteiger partial charge is 0.303 e. The molecule has 0 radical (unpaired) electrons. The number of nitrogens with one attached hydrogen (secondary N) is 1. The Kier molecular flexibility index (Phi) is 9.25. The number of thioether (sulfide) groups is 1. The van der Waals surface area contributed by atoms with Crippen molar-refractivity contribution in [3.63, 3.8) is 0 Å². The van der Waals surface area contributed by atoms with E-state index in [9.17, 15) is 9.59 Å². The highest BCUT2D eigenvalue weighted by molar-refractivity contribution is 7.99. The molecule has 1 aliphatic rings. The fourth-order valence-corrected chi connectivity index (χ4v) is 5.86. The van der Waals surface area contributed by atoms with E-state index in [0.29, 0.717) is 13.1 Å². The summed E-state index contributed by atoms with van der Waals surface area (Å²) in [6, 6.07) is 24.0. The fraction of sp³-hybridized carbons (Fsp3) is 0.333. The van der Waals surface area contributed by atoms with Crippen molar-refractivity contribution in [2.45, 2.75) is 42.9 Å². The summed E-state index contributed by atoms with van der Waals surface area (Å²) in [7, 11) is 1.62. The molecule has 0 fully saturated rings. The highest BCUT2D eigenvalue weighted by atomic mass is 32.2. The molecule has 0 bridgehead atoms. The molecular formula is C30H34N2O4S. The molecule has 0 saturated heterocycles. The molecule has 1 aliphatic heterocycles. The Labute approximate surface area is 223 Å². The summed E-state index contributed by atoms with van der Waals surface area (Å²) in [5, 5.41) is 3.10. The summed E-state index contributed by atoms with van der Waals surface area (Å²) < 4.78 is 11.0. The molecule has 7 heteroatoms. The molecule has 0 aromatic heterocycles. The van der Waals surface area contributed by atoms with Crippen LogP contribution < -0.4 is 15.0 Å². The fourth-order valence-electron chi connectivity index (χ4n) is 4.54. The maximum absolute atomic E-state index is 13.9. The highest BCUT2D eigenvalue weighted by Gasteiger charge is 2.40. The monoisotopic (exact) mass is 518 g/mol. The lowest BCUT2D eigenvalue weighted by Gasteiger charge is -2.27. The maximum Gasteiger partial charge on any atom is 0.303 e. The molecule has 2 atom stereocenters. The number of rotatable bonds is 10. The van der Waals surface area contributed by atoms with Crippen molar-refractivity contribution in [2.24, 2.45) is 0 Å². The van der Waals surface area contributed by atoms with E-state index in [-0.39, 0.29) is 11.2 Å². The number of methoxy groups -OCH3 is 1. The molecule has 6 nitrogen and oxygen atoms in total. The summed E-state index contributed by atoms with van der Waals surface area (Å²) in [5.41, 5.74) is 4.35. The number of carbonyl (C=O) groups excluding carboxylic acids is 2. The van der Waals surface area contributed by atoms with Crippen molar-refractivity contribution < 1.29 is 19.1 Å². The van der Waals surface area contributed by atoms with E-state index in [2.05, 4.69) is 36.5 Å². The molecule has 37 heavy (non-hydrogen) atoms. The number of carbonyl (C=O) groups is 2. The van der Waals surface area contributed by atoms with Crippen LogP contribution in [0.3, 0.4) is 0 Å². The van der Waals surface area contributed by atoms with Gasteiger partial charge in [-0.1, -0.05) is 54.1 Å². The third-order valence-electron chi connectivity index (χ3n) is 6.35. The SMILES string of the molecule is COc1ccc(C2Sc3ccccc3N(CCNCCCc3cccc(C)c3)C(=O)C2OC(C)=O)cc1. The Morgan fingerprint density at radius 1 is 1.03 bits per heavy atom. The van der Waals surface area contributed by atoms with Gasteiger partial charge in [-0.15, -0.1) is 11.8 Å². The van der Waals surface area contributed by atoms with Gasteiger partial charge in [0, 0.05) is 24.9 Å². The third kappa shape index (κ3) is 6.93. The molecule has 3 aromatic carbocycles. The summed E-state index contributed by atoms with van der Waals surface area (Å²) >= 11 is 1.55. The summed E-state index contributed by atoms with van der Waals surface area (Å²) in [6.07, 6.45) is 1.08. The zero-order valence-electron chi connectivity index (χ0n) is 21.6. The lowest BCUT2D eigenvalue weighted by Crippen LogP contribution is -2.45. The summed E-state index contributed by atoms with van der Waals surface area (Å²) in [6.45, 7) is 5.43. The minimum atomic E-state index is -0.940. The number of amides is 1. The van der Waals surface area contributed by atoms with Crippen LogP contribution in [0.25, 0.3) is 0 Å². The standard InChI is InChI=1S/C30H34N2O4S/c1-21-8-6-9-23(20-21)10-7-17-31-18-19-32-26-11-4-5-12-27(26)37-29(28(30(32)34)36-22(2)33)24-13-15-25(35-3)16-14-24/h4-6,8-9,11-16,20,28-29,31H,7,10,17-19H2,1-3H3. The lowest BCUT2D eigenvalue weighted by atomic mass is 10.1. The molecule has 4 rings (SSSR count). The van der Waals surface area contributed by atoms with Gasteiger partial charge in [-0.3, -0.25) is 9.59 Å². The quantitative estimate of drug-likeness (QED) is 0.289. The van der Waals surface area contributed by atoms with Gasteiger partial charge in [0.1, 0.15) is 5.75 Å². The van der Waals surface area contributed by atoms with Crippen molar-refractivity contribution in [1.29, 1.82) is 0 Å². The van der Waals surface area contributed by atoms with E-state index in [1.807, 2.05) is 48.5 Å². The minimum Gasteiger partial charge on any atom is -0.497 e. The van der Waals surface area contributed by atoms with Gasteiger partial charge in [0.2, 0.25) is 0 Å². The Balaban J connectivity index is 1.48. The molecule has 2 unspecified atom stereocenters. The van der Waals surface area contributed by atoms with Gasteiger partial charge in [0.15, 0.2) is 6.10 Å². The number of hydrogen-bond acceptors (Lipinski definition) is 6. The average Bonchev–Trinajstić information content (AvgIpc) is 3.01. The summed E-state index contributed by atoms with van der Waals surface area (Å²) in [5.74, 6) is 0.0425. The number of anilines is 1. The molecule has 1 heterocycles. The van der Waals surface area contributed by atoms with Crippen LogP contribution in [-0.4, -0.2) is 44.7 Å². The van der Waals surface area contributed by atoms with Crippen LogP contribution in [-0.2, 0) is 20.7 Å². The van der Waals surface area contributed by atoms with Gasteiger partial charge >= 0.3 is 5.97 Å². The second-order valence-electron chi connectivity index (χ2n) is 9.14. The first-order valence-corrected chi connectivity index (χ1v) is 13.5. The number of ether oxygens (including phenoxy) is 2. The van der Waals surface area contributed by atoms with Crippen LogP contribution in [0.2, 0.25) is 0 Å². The van der Waals surface area contributed by atoms with Crippen LogP contribution in [0.5, 0.6) is 5.75 Å². The zero-order chi connectivity index (χ0) is 26.2. The van der Waals surface area contributed by atoms with Gasteiger partial charge in [-0.2, -0.15) is 0 Å². The van der Waals surface area contributed by atoms with Crippen molar-refractivity contribution in [1.82, 2.24) is 5.32 Å². The number of fused-ring (bicyclic) bond motifs is 1. The van der Waals surface area contributed by atoms with Gasteiger partial charge in [0.25, 0.3) is 5.91 Å². The number of hydrogen-bond donors (Lipinski definition) is 1. The average molecular weight is 519 g/mol. The van der Waals surface area contributed by atoms with Crippen molar-refractivity contribution >= 4 is 29.3 Å². The van der Waals surface area contributed by atoms with E-state index in [1.54, 1.807) is 23.8 Å². The van der Waals surface area contributed by atoms with Gasteiger partial charge < -0.3 is 19.7 Å². The van der Waals surface area contributed by atoms with Crippen LogP contribution in [0.15, 0.2) is 77.7 Å². The molecule has 0 aliphatic carbocycles. The molecule has 1 N–H and O–H groups in total. The molecule has 3 aromatic rings.